The first kappa shape index (κ1) is 23.4. The Kier molecular flexibility index (Phi) is 7.37. The maximum Gasteiger partial charge on any atom is 0.263 e. The summed E-state index contributed by atoms with van der Waals surface area (Å²) in [5.41, 5.74) is 3.67. The number of nitrogens with one attached hydrogen (secondary N) is 1. The Morgan fingerprint density at radius 3 is 2.76 bits per heavy atom. The third kappa shape index (κ3) is 5.24. The zero-order chi connectivity index (χ0) is 23.4. The molecule has 33 heavy (non-hydrogen) atoms. The van der Waals surface area contributed by atoms with Crippen LogP contribution in [0.25, 0.3) is 21.3 Å². The molecule has 4 aromatic rings. The molecule has 0 bridgehead atoms. The molecule has 0 saturated heterocycles. The number of fused-ring (bicyclic) bond motifs is 1. The fourth-order valence-corrected chi connectivity index (χ4v) is 5.64. The van der Waals surface area contributed by atoms with Gasteiger partial charge in [-0.1, -0.05) is 53.7 Å². The summed E-state index contributed by atoms with van der Waals surface area (Å²) in [6, 6.07) is 15.8. The summed E-state index contributed by atoms with van der Waals surface area (Å²) in [7, 11) is 0. The number of hydrogen-bond acceptors (Lipinski definition) is 6. The van der Waals surface area contributed by atoms with Crippen molar-refractivity contribution in [2.24, 2.45) is 0 Å². The number of nitrogens with zero attached hydrogens (tertiary/aromatic N) is 2. The molecule has 2 aromatic heterocycles. The molecule has 1 amide bonds. The second-order valence-corrected chi connectivity index (χ2v) is 10.0. The number of aryl methyl sites for hydroxylation is 1. The number of hydrogen-bond donors (Lipinski definition) is 1. The molecule has 0 atom stereocenters. The summed E-state index contributed by atoms with van der Waals surface area (Å²) in [6.45, 7) is 6.15. The molecule has 2 heterocycles. The Morgan fingerprint density at radius 1 is 1.24 bits per heavy atom. The lowest BCUT2D eigenvalue weighted by Gasteiger charge is -2.11. The Labute approximate surface area is 205 Å². The third-order valence-corrected chi connectivity index (χ3v) is 7.59. The van der Waals surface area contributed by atoms with Gasteiger partial charge in [0.25, 0.3) is 5.56 Å². The average Bonchev–Trinajstić information content (AvgIpc) is 3.24. The van der Waals surface area contributed by atoms with Gasteiger partial charge in [-0.2, -0.15) is 0 Å². The van der Waals surface area contributed by atoms with E-state index in [0.717, 1.165) is 27.3 Å². The van der Waals surface area contributed by atoms with Crippen LogP contribution in [0.4, 0.5) is 5.69 Å². The van der Waals surface area contributed by atoms with E-state index in [0.29, 0.717) is 21.9 Å². The zero-order valence-electron chi connectivity index (χ0n) is 18.3. The van der Waals surface area contributed by atoms with Gasteiger partial charge in [0.15, 0.2) is 5.16 Å². The molecular formula is C25H23N3O2S3. The minimum Gasteiger partial charge on any atom is -0.325 e. The molecule has 4 rings (SSSR count). The first-order valence-electron chi connectivity index (χ1n) is 10.3. The molecule has 0 aliphatic heterocycles. The van der Waals surface area contributed by atoms with Crippen LogP contribution >= 0.6 is 34.9 Å². The number of anilines is 1. The number of aromatic nitrogens is 2. The Bertz CT molecular complexity index is 1370. The van der Waals surface area contributed by atoms with E-state index in [4.69, 9.17) is 4.98 Å². The molecule has 168 valence electrons. The predicted molar refractivity (Wildman–Crippen MR) is 142 cm³/mol. The van der Waals surface area contributed by atoms with Crippen LogP contribution in [-0.4, -0.2) is 27.5 Å². The summed E-state index contributed by atoms with van der Waals surface area (Å²) in [4.78, 5) is 32.5. The summed E-state index contributed by atoms with van der Waals surface area (Å²) < 4.78 is 1.59. The molecule has 0 spiro atoms. The van der Waals surface area contributed by atoms with Gasteiger partial charge in [0.05, 0.1) is 11.1 Å². The number of benzene rings is 2. The van der Waals surface area contributed by atoms with E-state index >= 15 is 0 Å². The summed E-state index contributed by atoms with van der Waals surface area (Å²) >= 11 is 4.31. The summed E-state index contributed by atoms with van der Waals surface area (Å²) in [5, 5.41) is 6.01. The summed E-state index contributed by atoms with van der Waals surface area (Å²) in [5.74, 6) is -0.00122. The highest BCUT2D eigenvalue weighted by atomic mass is 32.2. The predicted octanol–water partition coefficient (Wildman–Crippen LogP) is 6.07. The Hall–Kier alpha value is -2.81. The lowest BCUT2D eigenvalue weighted by atomic mass is 10.1. The van der Waals surface area contributed by atoms with Crippen molar-refractivity contribution < 1.29 is 4.79 Å². The molecule has 0 saturated carbocycles. The molecule has 0 aliphatic carbocycles. The van der Waals surface area contributed by atoms with Crippen molar-refractivity contribution in [3.63, 3.8) is 0 Å². The van der Waals surface area contributed by atoms with E-state index in [9.17, 15) is 9.59 Å². The van der Waals surface area contributed by atoms with Gasteiger partial charge in [-0.25, -0.2) is 4.98 Å². The molecule has 2 aromatic carbocycles. The van der Waals surface area contributed by atoms with Crippen LogP contribution in [0.1, 0.15) is 5.56 Å². The molecule has 0 fully saturated rings. The van der Waals surface area contributed by atoms with E-state index in [1.807, 2.05) is 67.1 Å². The van der Waals surface area contributed by atoms with E-state index in [-0.39, 0.29) is 17.2 Å². The van der Waals surface area contributed by atoms with Gasteiger partial charge in [-0.3, -0.25) is 14.2 Å². The van der Waals surface area contributed by atoms with Crippen LogP contribution in [0, 0.1) is 6.92 Å². The molecular weight excluding hydrogens is 470 g/mol. The van der Waals surface area contributed by atoms with Crippen molar-refractivity contribution in [2.75, 3.05) is 17.3 Å². The average molecular weight is 494 g/mol. The van der Waals surface area contributed by atoms with Gasteiger partial charge in [0.2, 0.25) is 5.91 Å². The van der Waals surface area contributed by atoms with Crippen molar-refractivity contribution in [3.05, 3.63) is 82.5 Å². The molecule has 0 unspecified atom stereocenters. The lowest BCUT2D eigenvalue weighted by Crippen LogP contribution is -2.23. The minimum atomic E-state index is -0.149. The van der Waals surface area contributed by atoms with Gasteiger partial charge in [0.1, 0.15) is 4.83 Å². The smallest absolute Gasteiger partial charge is 0.263 e. The third-order valence-electron chi connectivity index (χ3n) is 5.02. The van der Waals surface area contributed by atoms with Crippen molar-refractivity contribution >= 4 is 56.7 Å². The monoisotopic (exact) mass is 493 g/mol. The molecule has 0 aliphatic rings. The van der Waals surface area contributed by atoms with Gasteiger partial charge in [-0.05, 0) is 36.9 Å². The summed E-state index contributed by atoms with van der Waals surface area (Å²) in [6.07, 6.45) is 3.66. The highest BCUT2D eigenvalue weighted by Crippen LogP contribution is 2.32. The largest absolute Gasteiger partial charge is 0.325 e. The number of amides is 1. The van der Waals surface area contributed by atoms with Crippen LogP contribution in [0.2, 0.25) is 0 Å². The SMILES string of the molecule is C=CCn1c(SCC(=O)Nc2cccc(SC)c2)nc2scc(-c3ccc(C)cc3)c2c1=O. The van der Waals surface area contributed by atoms with E-state index < -0.39 is 0 Å². The van der Waals surface area contributed by atoms with Gasteiger partial charge in [-0.15, -0.1) is 29.7 Å². The second-order valence-electron chi connectivity index (χ2n) is 7.36. The number of thioether (sulfide) groups is 2. The van der Waals surface area contributed by atoms with Crippen molar-refractivity contribution in [3.8, 4) is 11.1 Å². The van der Waals surface area contributed by atoms with E-state index in [1.54, 1.807) is 22.4 Å². The van der Waals surface area contributed by atoms with Crippen LogP contribution in [0.15, 0.2) is 81.4 Å². The van der Waals surface area contributed by atoms with Crippen LogP contribution in [0.3, 0.4) is 0 Å². The van der Waals surface area contributed by atoms with Crippen LogP contribution in [0.5, 0.6) is 0 Å². The molecule has 8 heteroatoms. The quantitative estimate of drug-likeness (QED) is 0.183. The normalized spacial score (nSPS) is 11.0. The first-order chi connectivity index (χ1) is 16.0. The van der Waals surface area contributed by atoms with Crippen molar-refractivity contribution in [1.29, 1.82) is 0 Å². The van der Waals surface area contributed by atoms with Gasteiger partial charge >= 0.3 is 0 Å². The topological polar surface area (TPSA) is 64.0 Å². The second kappa shape index (κ2) is 10.4. The Balaban J connectivity index is 1.61. The number of carbonyl (C=O) groups is 1. The lowest BCUT2D eigenvalue weighted by molar-refractivity contribution is -0.113. The van der Waals surface area contributed by atoms with Gasteiger partial charge < -0.3 is 5.32 Å². The molecule has 5 nitrogen and oxygen atoms in total. The number of rotatable bonds is 8. The Morgan fingerprint density at radius 2 is 2.03 bits per heavy atom. The van der Waals surface area contributed by atoms with Crippen LogP contribution in [-0.2, 0) is 11.3 Å². The molecule has 1 N–H and O–H groups in total. The van der Waals surface area contributed by atoms with Gasteiger partial charge in [0, 0.05) is 28.1 Å². The maximum atomic E-state index is 13.4. The van der Waals surface area contributed by atoms with Crippen molar-refractivity contribution in [1.82, 2.24) is 9.55 Å². The van der Waals surface area contributed by atoms with Crippen LogP contribution < -0.4 is 10.9 Å². The standard InChI is InChI=1S/C25H23N3O2S3/c1-4-12-28-24(30)22-20(17-10-8-16(2)9-11-17)14-32-23(22)27-25(28)33-15-21(29)26-18-6-5-7-19(13-18)31-3/h4-11,13-14H,1,12,15H2,2-3H3,(H,26,29). The number of thiophene rings is 1. The van der Waals surface area contributed by atoms with E-state index in [1.165, 1.54) is 23.1 Å². The molecule has 0 radical (unpaired) electrons. The maximum absolute atomic E-state index is 13.4. The van der Waals surface area contributed by atoms with E-state index in [2.05, 4.69) is 11.9 Å². The minimum absolute atomic E-state index is 0.118. The number of carbonyl (C=O) groups excluding carboxylic acids is 1. The zero-order valence-corrected chi connectivity index (χ0v) is 20.8. The fraction of sp³-hybridized carbons (Fsp3) is 0.160. The highest BCUT2D eigenvalue weighted by Gasteiger charge is 2.18. The first-order valence-corrected chi connectivity index (χ1v) is 13.4. The number of allylic oxidation sites excluding steroid dienone is 1. The highest BCUT2D eigenvalue weighted by molar-refractivity contribution is 7.99. The fourth-order valence-electron chi connectivity index (χ4n) is 3.38. The van der Waals surface area contributed by atoms with Crippen molar-refractivity contribution in [2.45, 2.75) is 23.5 Å².